The van der Waals surface area contributed by atoms with E-state index in [1.165, 1.54) is 27.9 Å². The molecular weight excluding hydrogens is 491 g/mol. The third kappa shape index (κ3) is 4.03. The maximum atomic E-state index is 13.5. The fraction of sp³-hybridized carbons (Fsp3) is 0.0400. The second-order valence-electron chi connectivity index (χ2n) is 7.35. The van der Waals surface area contributed by atoms with Gasteiger partial charge in [-0.3, -0.25) is 9.20 Å². The molecule has 166 valence electrons. The average Bonchev–Trinajstić information content (AvgIpc) is 3.25. The van der Waals surface area contributed by atoms with Crippen molar-refractivity contribution in [3.8, 4) is 17.7 Å². The number of pyridine rings is 1. The van der Waals surface area contributed by atoms with Crippen LogP contribution in [0.25, 0.3) is 27.5 Å². The molecule has 34 heavy (non-hydrogen) atoms. The number of fused-ring (bicyclic) bond motifs is 2. The molecule has 6 nitrogen and oxygen atoms in total. The molecule has 0 saturated heterocycles. The standard InChI is InChI=1S/C25H14Cl2N4O2S/c1-14-5-4-10-31-22(14)30-23(33-20-9-8-16(26)12-18(20)27)17(25(31)32)11-15(13-28)24-29-19-6-2-3-7-21(19)34-24/h2-12H,1H3/b15-11+. The first kappa shape index (κ1) is 22.1. The molecule has 9 heteroatoms. The molecule has 0 aliphatic carbocycles. The predicted octanol–water partition coefficient (Wildman–Crippen LogP) is 6.78. The Bertz CT molecular complexity index is 1680. The highest BCUT2D eigenvalue weighted by Gasteiger charge is 2.18. The average molecular weight is 505 g/mol. The number of aromatic nitrogens is 3. The summed E-state index contributed by atoms with van der Waals surface area (Å²) < 4.78 is 8.35. The van der Waals surface area contributed by atoms with Gasteiger partial charge in [0.15, 0.2) is 0 Å². The first-order valence-corrected chi connectivity index (χ1v) is 11.6. The SMILES string of the molecule is Cc1cccn2c(=O)c(/C=C(\C#N)c3nc4ccccc4s3)c(Oc3ccc(Cl)cc3Cl)nc12. The van der Waals surface area contributed by atoms with Gasteiger partial charge in [-0.05, 0) is 55.0 Å². The van der Waals surface area contributed by atoms with Crippen LogP contribution < -0.4 is 10.3 Å². The van der Waals surface area contributed by atoms with Gasteiger partial charge in [0.25, 0.3) is 5.56 Å². The van der Waals surface area contributed by atoms with E-state index in [9.17, 15) is 10.1 Å². The van der Waals surface area contributed by atoms with Crippen molar-refractivity contribution >= 4 is 62.1 Å². The van der Waals surface area contributed by atoms with E-state index in [0.717, 1.165) is 15.8 Å². The van der Waals surface area contributed by atoms with Gasteiger partial charge in [-0.25, -0.2) is 4.98 Å². The zero-order chi connectivity index (χ0) is 23.8. The highest BCUT2D eigenvalue weighted by molar-refractivity contribution is 7.19. The second kappa shape index (κ2) is 8.92. The monoisotopic (exact) mass is 504 g/mol. The molecule has 3 aromatic heterocycles. The van der Waals surface area contributed by atoms with Crippen molar-refractivity contribution in [2.45, 2.75) is 6.92 Å². The van der Waals surface area contributed by atoms with Crippen LogP contribution in [0.2, 0.25) is 10.0 Å². The zero-order valence-electron chi connectivity index (χ0n) is 17.6. The first-order chi connectivity index (χ1) is 16.4. The molecule has 0 aliphatic rings. The Morgan fingerprint density at radius 2 is 1.97 bits per heavy atom. The van der Waals surface area contributed by atoms with Crippen LogP contribution in [0.1, 0.15) is 16.1 Å². The summed E-state index contributed by atoms with van der Waals surface area (Å²) >= 11 is 13.7. The van der Waals surface area contributed by atoms with Gasteiger partial charge in [0.1, 0.15) is 28.0 Å². The number of benzene rings is 2. The Labute approximate surface area is 207 Å². The fourth-order valence-corrected chi connectivity index (χ4v) is 4.81. The van der Waals surface area contributed by atoms with Gasteiger partial charge in [-0.2, -0.15) is 10.2 Å². The summed E-state index contributed by atoms with van der Waals surface area (Å²) in [6.45, 7) is 1.85. The van der Waals surface area contributed by atoms with Crippen LogP contribution in [0, 0.1) is 18.3 Å². The van der Waals surface area contributed by atoms with E-state index in [2.05, 4.69) is 16.0 Å². The molecule has 0 amide bonds. The Morgan fingerprint density at radius 1 is 1.15 bits per heavy atom. The lowest BCUT2D eigenvalue weighted by atomic mass is 10.2. The van der Waals surface area contributed by atoms with E-state index in [-0.39, 0.29) is 33.3 Å². The zero-order valence-corrected chi connectivity index (χ0v) is 19.9. The third-order valence-corrected chi connectivity index (χ3v) is 6.68. The van der Waals surface area contributed by atoms with Gasteiger partial charge in [0, 0.05) is 11.2 Å². The Morgan fingerprint density at radius 3 is 2.74 bits per heavy atom. The summed E-state index contributed by atoms with van der Waals surface area (Å²) in [7, 11) is 0. The number of nitrogens with zero attached hydrogens (tertiary/aromatic N) is 4. The van der Waals surface area contributed by atoms with Gasteiger partial charge in [0.2, 0.25) is 5.88 Å². The molecule has 3 heterocycles. The summed E-state index contributed by atoms with van der Waals surface area (Å²) in [6.07, 6.45) is 3.08. The van der Waals surface area contributed by atoms with Gasteiger partial charge < -0.3 is 4.74 Å². The van der Waals surface area contributed by atoms with Crippen LogP contribution in [0.15, 0.2) is 65.6 Å². The number of nitriles is 1. The van der Waals surface area contributed by atoms with Crippen molar-refractivity contribution in [2.24, 2.45) is 0 Å². The number of hydrogen-bond acceptors (Lipinski definition) is 6. The van der Waals surface area contributed by atoms with Crippen LogP contribution in [-0.2, 0) is 0 Å². The number of rotatable bonds is 4. The van der Waals surface area contributed by atoms with Crippen molar-refractivity contribution < 1.29 is 4.74 Å². The van der Waals surface area contributed by atoms with Crippen molar-refractivity contribution in [1.29, 1.82) is 5.26 Å². The van der Waals surface area contributed by atoms with E-state index in [0.29, 0.717) is 15.7 Å². The number of para-hydroxylation sites is 1. The number of hydrogen-bond donors (Lipinski definition) is 0. The van der Waals surface area contributed by atoms with E-state index in [1.54, 1.807) is 24.4 Å². The minimum Gasteiger partial charge on any atom is -0.437 e. The molecule has 0 aliphatic heterocycles. The normalized spacial score (nSPS) is 11.6. The van der Waals surface area contributed by atoms with E-state index >= 15 is 0 Å². The molecule has 0 radical (unpaired) electrons. The van der Waals surface area contributed by atoms with Crippen LogP contribution in [-0.4, -0.2) is 14.4 Å². The molecule has 5 rings (SSSR count). The van der Waals surface area contributed by atoms with Gasteiger partial charge >= 0.3 is 0 Å². The summed E-state index contributed by atoms with van der Waals surface area (Å²) in [5.41, 5.74) is 1.93. The molecular formula is C25H14Cl2N4O2S. The van der Waals surface area contributed by atoms with E-state index in [1.807, 2.05) is 37.3 Å². The van der Waals surface area contributed by atoms with Crippen molar-refractivity contribution in [2.75, 3.05) is 0 Å². The summed E-state index contributed by atoms with van der Waals surface area (Å²) in [6, 6.07) is 18.1. The number of aryl methyl sites for hydroxylation is 1. The fourth-order valence-electron chi connectivity index (χ4n) is 3.43. The quantitative estimate of drug-likeness (QED) is 0.252. The molecule has 0 bridgehead atoms. The molecule has 0 spiro atoms. The highest BCUT2D eigenvalue weighted by atomic mass is 35.5. The maximum absolute atomic E-state index is 13.5. The molecule has 5 aromatic rings. The van der Waals surface area contributed by atoms with Gasteiger partial charge in [0.05, 0.1) is 20.8 Å². The van der Waals surface area contributed by atoms with Crippen molar-refractivity contribution in [3.63, 3.8) is 0 Å². The van der Waals surface area contributed by atoms with Gasteiger partial charge in [-0.15, -0.1) is 11.3 Å². The highest BCUT2D eigenvalue weighted by Crippen LogP contribution is 2.34. The van der Waals surface area contributed by atoms with Crippen LogP contribution >= 0.6 is 34.5 Å². The number of halogens is 2. The molecule has 0 unspecified atom stereocenters. The second-order valence-corrected chi connectivity index (χ2v) is 9.23. The number of thiazole rings is 1. The van der Waals surface area contributed by atoms with Crippen LogP contribution in [0.5, 0.6) is 11.6 Å². The molecule has 2 aromatic carbocycles. The molecule has 0 N–H and O–H groups in total. The summed E-state index contributed by atoms with van der Waals surface area (Å²) in [5, 5.41) is 11.1. The Balaban J connectivity index is 1.74. The van der Waals surface area contributed by atoms with Crippen LogP contribution in [0.3, 0.4) is 0 Å². The Hall–Kier alpha value is -3.70. The van der Waals surface area contributed by atoms with Gasteiger partial charge in [-0.1, -0.05) is 41.4 Å². The summed E-state index contributed by atoms with van der Waals surface area (Å²) in [5.74, 6) is 0.307. The summed E-state index contributed by atoms with van der Waals surface area (Å²) in [4.78, 5) is 22.6. The maximum Gasteiger partial charge on any atom is 0.269 e. The topological polar surface area (TPSA) is 80.3 Å². The van der Waals surface area contributed by atoms with E-state index in [4.69, 9.17) is 27.9 Å². The largest absolute Gasteiger partial charge is 0.437 e. The van der Waals surface area contributed by atoms with Crippen molar-refractivity contribution in [3.05, 3.63) is 97.3 Å². The Kier molecular flexibility index (Phi) is 5.80. The third-order valence-electron chi connectivity index (χ3n) is 5.08. The lowest BCUT2D eigenvalue weighted by Crippen LogP contribution is -2.19. The minimum atomic E-state index is -0.386. The first-order valence-electron chi connectivity index (χ1n) is 10.1. The molecule has 0 atom stereocenters. The molecule has 0 saturated carbocycles. The van der Waals surface area contributed by atoms with Crippen molar-refractivity contribution in [1.82, 2.24) is 14.4 Å². The predicted molar refractivity (Wildman–Crippen MR) is 136 cm³/mol. The van der Waals surface area contributed by atoms with E-state index < -0.39 is 0 Å². The minimum absolute atomic E-state index is 0.0254. The number of ether oxygens (including phenoxy) is 1. The lowest BCUT2D eigenvalue weighted by Gasteiger charge is -2.12. The smallest absolute Gasteiger partial charge is 0.269 e. The number of allylic oxidation sites excluding steroid dienone is 1. The molecule has 0 fully saturated rings. The van der Waals surface area contributed by atoms with Crippen LogP contribution in [0.4, 0.5) is 0 Å². The lowest BCUT2D eigenvalue weighted by molar-refractivity contribution is 0.461.